The van der Waals surface area contributed by atoms with Gasteiger partial charge in [0.2, 0.25) is 0 Å². The summed E-state index contributed by atoms with van der Waals surface area (Å²) >= 11 is 0. The van der Waals surface area contributed by atoms with Gasteiger partial charge in [-0.25, -0.2) is 14.4 Å². The molecule has 0 spiro atoms. The fourth-order valence-corrected chi connectivity index (χ4v) is 1.58. The standard InChI is InChI=1S/C11H19FN4/c1-5-9-10(12)11(14-7-13-9)15-8(2)6-16(3)4/h7-8H,5-6H2,1-4H3,(H,13,14,15). The van der Waals surface area contributed by atoms with Crippen molar-refractivity contribution in [2.24, 2.45) is 0 Å². The summed E-state index contributed by atoms with van der Waals surface area (Å²) in [6.45, 7) is 4.69. The first-order chi connectivity index (χ1) is 7.54. The van der Waals surface area contributed by atoms with E-state index in [2.05, 4.69) is 15.3 Å². The summed E-state index contributed by atoms with van der Waals surface area (Å²) in [5.74, 6) is -0.0446. The molecule has 1 N–H and O–H groups in total. The number of aromatic nitrogens is 2. The molecule has 0 saturated heterocycles. The molecule has 16 heavy (non-hydrogen) atoms. The van der Waals surface area contributed by atoms with Crippen molar-refractivity contribution in [2.75, 3.05) is 26.0 Å². The second-order valence-corrected chi connectivity index (χ2v) is 4.14. The van der Waals surface area contributed by atoms with E-state index in [4.69, 9.17) is 0 Å². The van der Waals surface area contributed by atoms with Gasteiger partial charge in [-0.3, -0.25) is 0 Å². The van der Waals surface area contributed by atoms with Crippen LogP contribution in [0.5, 0.6) is 0 Å². The molecule has 1 atom stereocenters. The number of rotatable bonds is 5. The van der Waals surface area contributed by atoms with Crippen LogP contribution >= 0.6 is 0 Å². The molecule has 0 bridgehead atoms. The zero-order valence-corrected chi connectivity index (χ0v) is 10.3. The van der Waals surface area contributed by atoms with Crippen molar-refractivity contribution in [3.05, 3.63) is 17.8 Å². The number of hydrogen-bond acceptors (Lipinski definition) is 4. The van der Waals surface area contributed by atoms with Crippen molar-refractivity contribution in [1.82, 2.24) is 14.9 Å². The van der Waals surface area contributed by atoms with E-state index < -0.39 is 0 Å². The lowest BCUT2D eigenvalue weighted by molar-refractivity contribution is 0.391. The largest absolute Gasteiger partial charge is 0.364 e. The smallest absolute Gasteiger partial charge is 0.186 e. The van der Waals surface area contributed by atoms with Gasteiger partial charge in [0.1, 0.15) is 6.33 Å². The Balaban J connectivity index is 2.73. The van der Waals surface area contributed by atoms with Gasteiger partial charge < -0.3 is 10.2 Å². The van der Waals surface area contributed by atoms with Gasteiger partial charge in [-0.05, 0) is 27.4 Å². The normalized spacial score (nSPS) is 12.9. The van der Waals surface area contributed by atoms with Crippen molar-refractivity contribution in [2.45, 2.75) is 26.3 Å². The van der Waals surface area contributed by atoms with E-state index in [1.165, 1.54) is 6.33 Å². The minimum atomic E-state index is -0.337. The average Bonchev–Trinajstić information content (AvgIpc) is 2.20. The second-order valence-electron chi connectivity index (χ2n) is 4.14. The zero-order valence-electron chi connectivity index (χ0n) is 10.3. The van der Waals surface area contributed by atoms with Crippen molar-refractivity contribution >= 4 is 5.82 Å². The second kappa shape index (κ2) is 5.75. The van der Waals surface area contributed by atoms with Crippen LogP contribution in [0.25, 0.3) is 0 Å². The number of likely N-dealkylation sites (N-methyl/N-ethyl adjacent to an activating group) is 1. The molecule has 4 nitrogen and oxygen atoms in total. The SMILES string of the molecule is CCc1ncnc(NC(C)CN(C)C)c1F. The summed E-state index contributed by atoms with van der Waals surface area (Å²) in [5.41, 5.74) is 0.453. The highest BCUT2D eigenvalue weighted by atomic mass is 19.1. The Morgan fingerprint density at radius 3 is 2.69 bits per heavy atom. The van der Waals surface area contributed by atoms with Crippen LogP contribution in [-0.4, -0.2) is 41.5 Å². The Hall–Kier alpha value is -1.23. The van der Waals surface area contributed by atoms with E-state index in [0.717, 1.165) is 6.54 Å². The van der Waals surface area contributed by atoms with Gasteiger partial charge in [-0.15, -0.1) is 0 Å². The third-order valence-corrected chi connectivity index (χ3v) is 2.22. The highest BCUT2D eigenvalue weighted by Crippen LogP contribution is 2.14. The first-order valence-electron chi connectivity index (χ1n) is 5.45. The molecule has 0 saturated carbocycles. The van der Waals surface area contributed by atoms with Crippen LogP contribution in [0.3, 0.4) is 0 Å². The summed E-state index contributed by atoms with van der Waals surface area (Å²) in [5, 5.41) is 3.05. The summed E-state index contributed by atoms with van der Waals surface area (Å²) in [4.78, 5) is 9.85. The molecule has 1 aromatic heterocycles. The predicted molar refractivity (Wildman–Crippen MR) is 63.0 cm³/mol. The molecule has 1 unspecified atom stereocenters. The summed E-state index contributed by atoms with van der Waals surface area (Å²) < 4.78 is 13.8. The van der Waals surface area contributed by atoms with Crippen LogP contribution in [0.4, 0.5) is 10.2 Å². The van der Waals surface area contributed by atoms with Crippen molar-refractivity contribution in [1.29, 1.82) is 0 Å². The summed E-state index contributed by atoms with van der Waals surface area (Å²) in [7, 11) is 3.96. The fourth-order valence-electron chi connectivity index (χ4n) is 1.58. The van der Waals surface area contributed by atoms with Gasteiger partial charge >= 0.3 is 0 Å². The maximum atomic E-state index is 13.8. The summed E-state index contributed by atoms with van der Waals surface area (Å²) in [6.07, 6.45) is 1.97. The highest BCUT2D eigenvalue weighted by Gasteiger charge is 2.12. The Morgan fingerprint density at radius 2 is 2.12 bits per heavy atom. The molecule has 1 rings (SSSR count). The van der Waals surface area contributed by atoms with Crippen molar-refractivity contribution < 1.29 is 4.39 Å². The van der Waals surface area contributed by atoms with Crippen LogP contribution in [0, 0.1) is 5.82 Å². The van der Waals surface area contributed by atoms with Crippen LogP contribution in [0.15, 0.2) is 6.33 Å². The van der Waals surface area contributed by atoms with Crippen LogP contribution in [0.2, 0.25) is 0 Å². The van der Waals surface area contributed by atoms with Gasteiger partial charge in [0.05, 0.1) is 5.69 Å². The molecule has 0 aliphatic rings. The number of halogens is 1. The maximum Gasteiger partial charge on any atom is 0.186 e. The van der Waals surface area contributed by atoms with Crippen molar-refractivity contribution in [3.63, 3.8) is 0 Å². The maximum absolute atomic E-state index is 13.8. The van der Waals surface area contributed by atoms with E-state index in [1.807, 2.05) is 32.8 Å². The Kier molecular flexibility index (Phi) is 4.61. The van der Waals surface area contributed by atoms with Gasteiger partial charge in [0, 0.05) is 12.6 Å². The first kappa shape index (κ1) is 12.8. The number of aryl methyl sites for hydroxylation is 1. The van der Waals surface area contributed by atoms with Gasteiger partial charge in [0.15, 0.2) is 11.6 Å². The molecule has 0 aromatic carbocycles. The zero-order chi connectivity index (χ0) is 12.1. The van der Waals surface area contributed by atoms with E-state index in [1.54, 1.807) is 0 Å². The third kappa shape index (κ3) is 3.41. The molecule has 90 valence electrons. The molecule has 0 radical (unpaired) electrons. The quantitative estimate of drug-likeness (QED) is 0.827. The fraction of sp³-hybridized carbons (Fsp3) is 0.636. The molecule has 1 heterocycles. The van der Waals surface area contributed by atoms with Gasteiger partial charge in [-0.2, -0.15) is 0 Å². The van der Waals surface area contributed by atoms with Crippen LogP contribution in [-0.2, 0) is 6.42 Å². The number of nitrogens with one attached hydrogen (secondary N) is 1. The summed E-state index contributed by atoms with van der Waals surface area (Å²) in [6, 6.07) is 0.143. The minimum absolute atomic E-state index is 0.143. The lowest BCUT2D eigenvalue weighted by atomic mass is 10.2. The van der Waals surface area contributed by atoms with E-state index in [-0.39, 0.29) is 11.9 Å². The lowest BCUT2D eigenvalue weighted by Gasteiger charge is -2.19. The lowest BCUT2D eigenvalue weighted by Crippen LogP contribution is -2.30. The molecule has 0 aliphatic carbocycles. The molecular formula is C11H19FN4. The van der Waals surface area contributed by atoms with Gasteiger partial charge in [-0.1, -0.05) is 6.92 Å². The predicted octanol–water partition coefficient (Wildman–Crippen LogP) is 1.54. The molecule has 1 aromatic rings. The highest BCUT2D eigenvalue weighted by molar-refractivity contribution is 5.38. The van der Waals surface area contributed by atoms with Crippen LogP contribution in [0.1, 0.15) is 19.5 Å². The first-order valence-corrected chi connectivity index (χ1v) is 5.45. The molecule has 5 heteroatoms. The molecule has 0 fully saturated rings. The monoisotopic (exact) mass is 226 g/mol. The minimum Gasteiger partial charge on any atom is -0.364 e. The van der Waals surface area contributed by atoms with E-state index in [9.17, 15) is 4.39 Å². The Morgan fingerprint density at radius 1 is 1.44 bits per heavy atom. The van der Waals surface area contributed by atoms with Crippen molar-refractivity contribution in [3.8, 4) is 0 Å². The number of anilines is 1. The molecule has 0 aliphatic heterocycles. The van der Waals surface area contributed by atoms with Gasteiger partial charge in [0.25, 0.3) is 0 Å². The number of nitrogens with zero attached hydrogens (tertiary/aromatic N) is 3. The third-order valence-electron chi connectivity index (χ3n) is 2.22. The van der Waals surface area contributed by atoms with E-state index >= 15 is 0 Å². The number of hydrogen-bond donors (Lipinski definition) is 1. The van der Waals surface area contributed by atoms with Crippen LogP contribution < -0.4 is 5.32 Å². The van der Waals surface area contributed by atoms with E-state index in [0.29, 0.717) is 17.9 Å². The molecule has 0 amide bonds. The topological polar surface area (TPSA) is 41.1 Å². The average molecular weight is 226 g/mol. The Labute approximate surface area is 95.9 Å². The Bertz CT molecular complexity index is 341. The molecular weight excluding hydrogens is 207 g/mol.